The van der Waals surface area contributed by atoms with Crippen molar-refractivity contribution in [3.05, 3.63) is 0 Å². The smallest absolute Gasteiger partial charge is 0.230 e. The highest BCUT2D eigenvalue weighted by Crippen LogP contribution is 2.63. The third kappa shape index (κ3) is 1.32. The van der Waals surface area contributed by atoms with Gasteiger partial charge in [0.2, 0.25) is 5.91 Å². The van der Waals surface area contributed by atoms with Gasteiger partial charge in [-0.25, -0.2) is 0 Å². The summed E-state index contributed by atoms with van der Waals surface area (Å²) in [5, 5.41) is 0. The molecule has 2 N–H and O–H groups in total. The quantitative estimate of drug-likeness (QED) is 0.743. The zero-order valence-corrected chi connectivity index (χ0v) is 9.30. The summed E-state index contributed by atoms with van der Waals surface area (Å²) in [5.74, 6) is 0.377. The van der Waals surface area contributed by atoms with Crippen LogP contribution in [-0.4, -0.2) is 29.4 Å². The molecule has 1 heterocycles. The zero-order chi connectivity index (χ0) is 10.5. The summed E-state index contributed by atoms with van der Waals surface area (Å²) in [4.78, 5) is 14.5. The number of piperidine rings is 1. The Balaban J connectivity index is 1.73. The van der Waals surface area contributed by atoms with Crippen LogP contribution in [0.2, 0.25) is 0 Å². The van der Waals surface area contributed by atoms with E-state index in [1.165, 1.54) is 19.3 Å². The normalized spacial score (nSPS) is 31.1. The first-order valence-electron chi connectivity index (χ1n) is 6.26. The van der Waals surface area contributed by atoms with Crippen molar-refractivity contribution in [2.24, 2.45) is 11.1 Å². The van der Waals surface area contributed by atoms with Crippen LogP contribution in [-0.2, 0) is 4.79 Å². The van der Waals surface area contributed by atoms with Gasteiger partial charge < -0.3 is 10.6 Å². The molecule has 3 fully saturated rings. The molecule has 3 nitrogen and oxygen atoms in total. The molecule has 2 saturated carbocycles. The van der Waals surface area contributed by atoms with Gasteiger partial charge in [-0.3, -0.25) is 4.79 Å². The van der Waals surface area contributed by atoms with Crippen LogP contribution >= 0.6 is 0 Å². The first kappa shape index (κ1) is 9.64. The number of nitrogens with two attached hydrogens (primary N) is 1. The predicted molar refractivity (Wildman–Crippen MR) is 58.3 cm³/mol. The number of carbonyl (C=O) groups excluding carboxylic acids is 1. The largest absolute Gasteiger partial charge is 0.342 e. The van der Waals surface area contributed by atoms with Gasteiger partial charge in [-0.1, -0.05) is 0 Å². The summed E-state index contributed by atoms with van der Waals surface area (Å²) in [6.45, 7) is 1.94. The average molecular weight is 208 g/mol. The molecule has 3 aliphatic rings. The lowest BCUT2D eigenvalue weighted by Crippen LogP contribution is -2.49. The second-order valence-electron chi connectivity index (χ2n) is 5.59. The molecule has 0 unspecified atom stereocenters. The van der Waals surface area contributed by atoms with Gasteiger partial charge in [-0.2, -0.15) is 0 Å². The molecule has 0 atom stereocenters. The fraction of sp³-hybridized carbons (Fsp3) is 0.917. The van der Waals surface area contributed by atoms with E-state index in [1.54, 1.807) is 0 Å². The van der Waals surface area contributed by atoms with Gasteiger partial charge in [0, 0.05) is 18.6 Å². The van der Waals surface area contributed by atoms with Crippen molar-refractivity contribution in [2.45, 2.75) is 50.5 Å². The maximum atomic E-state index is 12.4. The van der Waals surface area contributed by atoms with E-state index >= 15 is 0 Å². The van der Waals surface area contributed by atoms with Crippen LogP contribution in [0.15, 0.2) is 0 Å². The van der Waals surface area contributed by atoms with Gasteiger partial charge in [0.25, 0.3) is 0 Å². The standard InChI is InChI=1S/C12H20N2O/c13-12(6-7-12)11(4-5-11)10(15)14-8-2-1-3-9-14/h1-9,13H2. The summed E-state index contributed by atoms with van der Waals surface area (Å²) < 4.78 is 0. The van der Waals surface area contributed by atoms with E-state index in [1.807, 2.05) is 0 Å². The Morgan fingerprint density at radius 1 is 1.00 bits per heavy atom. The van der Waals surface area contributed by atoms with Gasteiger partial charge in [-0.05, 0) is 44.9 Å². The predicted octanol–water partition coefficient (Wildman–Crippen LogP) is 1.27. The van der Waals surface area contributed by atoms with E-state index in [0.29, 0.717) is 5.91 Å². The molecule has 3 rings (SSSR count). The van der Waals surface area contributed by atoms with Crippen molar-refractivity contribution in [3.63, 3.8) is 0 Å². The van der Waals surface area contributed by atoms with Crippen molar-refractivity contribution in [1.29, 1.82) is 0 Å². The molecule has 1 aliphatic heterocycles. The minimum absolute atomic E-state index is 0.110. The van der Waals surface area contributed by atoms with Gasteiger partial charge in [0.05, 0.1) is 5.41 Å². The van der Waals surface area contributed by atoms with Gasteiger partial charge >= 0.3 is 0 Å². The van der Waals surface area contributed by atoms with Gasteiger partial charge in [0.1, 0.15) is 0 Å². The minimum Gasteiger partial charge on any atom is -0.342 e. The maximum Gasteiger partial charge on any atom is 0.230 e. The van der Waals surface area contributed by atoms with Crippen molar-refractivity contribution >= 4 is 5.91 Å². The number of hydrogen-bond acceptors (Lipinski definition) is 2. The Kier molecular flexibility index (Phi) is 1.91. The summed E-state index contributed by atoms with van der Waals surface area (Å²) in [6, 6.07) is 0. The lowest BCUT2D eigenvalue weighted by atomic mass is 9.92. The number of nitrogens with zero attached hydrogens (tertiary/aromatic N) is 1. The van der Waals surface area contributed by atoms with E-state index in [2.05, 4.69) is 4.90 Å². The van der Waals surface area contributed by atoms with Crippen molar-refractivity contribution in [3.8, 4) is 0 Å². The van der Waals surface area contributed by atoms with Gasteiger partial charge in [0.15, 0.2) is 0 Å². The molecule has 0 radical (unpaired) electrons. The van der Waals surface area contributed by atoms with Crippen molar-refractivity contribution in [1.82, 2.24) is 4.90 Å². The summed E-state index contributed by atoms with van der Waals surface area (Å²) >= 11 is 0. The van der Waals surface area contributed by atoms with Crippen LogP contribution in [0, 0.1) is 5.41 Å². The highest BCUT2D eigenvalue weighted by atomic mass is 16.2. The lowest BCUT2D eigenvalue weighted by Gasteiger charge is -2.33. The van der Waals surface area contributed by atoms with E-state index in [-0.39, 0.29) is 11.0 Å². The summed E-state index contributed by atoms with van der Waals surface area (Å²) in [7, 11) is 0. The van der Waals surface area contributed by atoms with Gasteiger partial charge in [-0.15, -0.1) is 0 Å². The number of rotatable bonds is 2. The van der Waals surface area contributed by atoms with E-state index < -0.39 is 0 Å². The molecule has 84 valence electrons. The molecule has 0 aromatic rings. The highest BCUT2D eigenvalue weighted by Gasteiger charge is 2.68. The number of amides is 1. The Morgan fingerprint density at radius 3 is 2.07 bits per heavy atom. The molecule has 3 heteroatoms. The average Bonchev–Trinajstić information content (AvgIpc) is 3.13. The zero-order valence-electron chi connectivity index (χ0n) is 9.30. The SMILES string of the molecule is NC1(C2(C(=O)N3CCCCC3)CC2)CC1. The molecule has 2 aliphatic carbocycles. The van der Waals surface area contributed by atoms with E-state index in [4.69, 9.17) is 5.73 Å². The fourth-order valence-electron chi connectivity index (χ4n) is 3.06. The Bertz CT molecular complexity index is 286. The maximum absolute atomic E-state index is 12.4. The van der Waals surface area contributed by atoms with Crippen LogP contribution in [0.5, 0.6) is 0 Å². The highest BCUT2D eigenvalue weighted by molar-refractivity contribution is 5.87. The molecule has 0 aromatic carbocycles. The van der Waals surface area contributed by atoms with Crippen LogP contribution in [0.4, 0.5) is 0 Å². The van der Waals surface area contributed by atoms with Crippen molar-refractivity contribution in [2.75, 3.05) is 13.1 Å². The summed E-state index contributed by atoms with van der Waals surface area (Å²) in [6.07, 6.45) is 7.85. The van der Waals surface area contributed by atoms with E-state index in [0.717, 1.165) is 38.8 Å². The third-order valence-electron chi connectivity index (χ3n) is 4.54. The third-order valence-corrected chi connectivity index (χ3v) is 4.54. The Morgan fingerprint density at radius 2 is 1.60 bits per heavy atom. The molecule has 0 aromatic heterocycles. The molecule has 1 amide bonds. The number of likely N-dealkylation sites (tertiary alicyclic amines) is 1. The summed E-state index contributed by atoms with van der Waals surface area (Å²) in [5.41, 5.74) is 6.02. The van der Waals surface area contributed by atoms with Crippen LogP contribution in [0.25, 0.3) is 0 Å². The molecule has 15 heavy (non-hydrogen) atoms. The second-order valence-corrected chi connectivity index (χ2v) is 5.59. The molecular formula is C12H20N2O. The molecule has 1 saturated heterocycles. The van der Waals surface area contributed by atoms with Crippen LogP contribution in [0.3, 0.4) is 0 Å². The lowest BCUT2D eigenvalue weighted by molar-refractivity contribution is -0.139. The van der Waals surface area contributed by atoms with Crippen LogP contribution in [0.1, 0.15) is 44.9 Å². The number of hydrogen-bond donors (Lipinski definition) is 1. The topological polar surface area (TPSA) is 46.3 Å². The Labute approximate surface area is 91.0 Å². The first-order valence-corrected chi connectivity index (χ1v) is 6.26. The van der Waals surface area contributed by atoms with Crippen molar-refractivity contribution < 1.29 is 4.79 Å². The monoisotopic (exact) mass is 208 g/mol. The first-order chi connectivity index (χ1) is 7.18. The fourth-order valence-corrected chi connectivity index (χ4v) is 3.06. The molecule has 0 bridgehead atoms. The molecule has 0 spiro atoms. The second kappa shape index (κ2) is 2.97. The van der Waals surface area contributed by atoms with E-state index in [9.17, 15) is 4.79 Å². The molecular weight excluding hydrogens is 188 g/mol. The minimum atomic E-state index is -0.121. The Hall–Kier alpha value is -0.570. The number of carbonyl (C=O) groups is 1. The van der Waals surface area contributed by atoms with Crippen LogP contribution < -0.4 is 5.73 Å².